The molecule has 2 N–H and O–H groups in total. The molecule has 1 saturated heterocycles. The molecule has 80 valence electrons. The molecule has 2 rings (SSSR count). The van der Waals surface area contributed by atoms with Crippen LogP contribution in [0, 0.1) is 0 Å². The lowest BCUT2D eigenvalue weighted by Gasteiger charge is -2.23. The summed E-state index contributed by atoms with van der Waals surface area (Å²) in [7, 11) is 0. The average Bonchev–Trinajstić information content (AvgIpc) is 2.67. The number of rotatable bonds is 2. The summed E-state index contributed by atoms with van der Waals surface area (Å²) in [5, 5.41) is 6.93. The highest BCUT2D eigenvalue weighted by Gasteiger charge is 2.15. The quantitative estimate of drug-likeness (QED) is 0.815. The van der Waals surface area contributed by atoms with Crippen molar-refractivity contribution in [3.63, 3.8) is 0 Å². The first kappa shape index (κ1) is 12.0. The second-order valence-electron chi connectivity index (χ2n) is 3.37. The Morgan fingerprint density at radius 1 is 1.43 bits per heavy atom. The van der Waals surface area contributed by atoms with E-state index in [9.17, 15) is 0 Å². The monoisotopic (exact) mass is 232 g/mol. The maximum absolute atomic E-state index is 3.52. The maximum atomic E-state index is 3.52. The molecule has 4 heteroatoms. The summed E-state index contributed by atoms with van der Waals surface area (Å²) in [5.41, 5.74) is 0. The third-order valence-electron chi connectivity index (χ3n) is 2.42. The maximum Gasteiger partial charge on any atom is 0.0542 e. The van der Waals surface area contributed by atoms with E-state index >= 15 is 0 Å². The number of hydrogen-bond acceptors (Lipinski definition) is 3. The molecule has 1 fully saturated rings. The van der Waals surface area contributed by atoms with E-state index in [1.807, 2.05) is 11.3 Å². The van der Waals surface area contributed by atoms with Crippen LogP contribution < -0.4 is 10.6 Å². The molecule has 0 aliphatic carbocycles. The topological polar surface area (TPSA) is 24.1 Å². The van der Waals surface area contributed by atoms with E-state index in [-0.39, 0.29) is 12.4 Å². The van der Waals surface area contributed by atoms with Gasteiger partial charge in [0.2, 0.25) is 0 Å². The number of nitrogens with one attached hydrogen (secondary N) is 2. The van der Waals surface area contributed by atoms with Gasteiger partial charge in [-0.15, -0.1) is 23.7 Å². The largest absolute Gasteiger partial charge is 0.314 e. The fourth-order valence-electron chi connectivity index (χ4n) is 1.63. The number of piperazine rings is 1. The average molecular weight is 233 g/mol. The molecule has 0 amide bonds. The molecule has 2 heterocycles. The Morgan fingerprint density at radius 3 is 2.86 bits per heavy atom. The minimum Gasteiger partial charge on any atom is -0.314 e. The van der Waals surface area contributed by atoms with Gasteiger partial charge < -0.3 is 10.6 Å². The SMILES string of the molecule is CCc1ccc([C@H]2CNCCN2)s1.Cl. The highest BCUT2D eigenvalue weighted by molar-refractivity contribution is 7.12. The Balaban J connectivity index is 0.000000980. The minimum absolute atomic E-state index is 0. The van der Waals surface area contributed by atoms with E-state index in [4.69, 9.17) is 0 Å². The zero-order valence-electron chi connectivity index (χ0n) is 8.38. The smallest absolute Gasteiger partial charge is 0.0542 e. The van der Waals surface area contributed by atoms with E-state index in [0.29, 0.717) is 6.04 Å². The van der Waals surface area contributed by atoms with Gasteiger partial charge in [-0.05, 0) is 18.6 Å². The van der Waals surface area contributed by atoms with Gasteiger partial charge in [-0.25, -0.2) is 0 Å². The Labute approximate surface area is 95.5 Å². The summed E-state index contributed by atoms with van der Waals surface area (Å²) in [4.78, 5) is 2.96. The molecule has 1 atom stereocenters. The Bertz CT molecular complexity index is 269. The summed E-state index contributed by atoms with van der Waals surface area (Å²) in [6.45, 7) is 5.47. The van der Waals surface area contributed by atoms with Gasteiger partial charge in [0.25, 0.3) is 0 Å². The molecule has 0 aromatic carbocycles. The predicted molar refractivity (Wildman–Crippen MR) is 64.6 cm³/mol. The summed E-state index contributed by atoms with van der Waals surface area (Å²) in [6, 6.07) is 5.05. The zero-order valence-corrected chi connectivity index (χ0v) is 10.0. The van der Waals surface area contributed by atoms with Crippen LogP contribution in [0.2, 0.25) is 0 Å². The number of aryl methyl sites for hydroxylation is 1. The lowest BCUT2D eigenvalue weighted by Crippen LogP contribution is -2.42. The van der Waals surface area contributed by atoms with Crippen molar-refractivity contribution in [2.45, 2.75) is 19.4 Å². The van der Waals surface area contributed by atoms with Crippen molar-refractivity contribution >= 4 is 23.7 Å². The fourth-order valence-corrected chi connectivity index (χ4v) is 2.65. The van der Waals surface area contributed by atoms with Crippen molar-refractivity contribution in [3.8, 4) is 0 Å². The second kappa shape index (κ2) is 5.71. The van der Waals surface area contributed by atoms with Crippen LogP contribution in [-0.4, -0.2) is 19.6 Å². The van der Waals surface area contributed by atoms with Crippen molar-refractivity contribution in [2.24, 2.45) is 0 Å². The predicted octanol–water partition coefficient (Wildman–Crippen LogP) is 1.97. The Morgan fingerprint density at radius 2 is 2.29 bits per heavy atom. The van der Waals surface area contributed by atoms with Crippen LogP contribution in [0.15, 0.2) is 12.1 Å². The highest BCUT2D eigenvalue weighted by Crippen LogP contribution is 2.23. The van der Waals surface area contributed by atoms with Crippen molar-refractivity contribution in [2.75, 3.05) is 19.6 Å². The summed E-state index contributed by atoms with van der Waals surface area (Å²) < 4.78 is 0. The minimum atomic E-state index is 0. The van der Waals surface area contributed by atoms with Gasteiger partial charge in [0.15, 0.2) is 0 Å². The van der Waals surface area contributed by atoms with Gasteiger partial charge in [-0.3, -0.25) is 0 Å². The van der Waals surface area contributed by atoms with Crippen LogP contribution in [0.25, 0.3) is 0 Å². The Hall–Kier alpha value is -0.0900. The van der Waals surface area contributed by atoms with Gasteiger partial charge in [0.1, 0.15) is 0 Å². The summed E-state index contributed by atoms with van der Waals surface area (Å²) in [5.74, 6) is 0. The van der Waals surface area contributed by atoms with Crippen molar-refractivity contribution < 1.29 is 0 Å². The normalized spacial score (nSPS) is 21.6. The second-order valence-corrected chi connectivity index (χ2v) is 4.57. The van der Waals surface area contributed by atoms with E-state index in [2.05, 4.69) is 29.7 Å². The van der Waals surface area contributed by atoms with Crippen molar-refractivity contribution in [1.29, 1.82) is 0 Å². The van der Waals surface area contributed by atoms with Crippen molar-refractivity contribution in [1.82, 2.24) is 10.6 Å². The van der Waals surface area contributed by atoms with Gasteiger partial charge in [0, 0.05) is 29.4 Å². The van der Waals surface area contributed by atoms with E-state index in [1.165, 1.54) is 9.75 Å². The third-order valence-corrected chi connectivity index (χ3v) is 3.76. The molecular formula is C10H17ClN2S. The molecule has 1 aromatic rings. The van der Waals surface area contributed by atoms with Gasteiger partial charge >= 0.3 is 0 Å². The van der Waals surface area contributed by atoms with Crippen LogP contribution >= 0.6 is 23.7 Å². The van der Waals surface area contributed by atoms with E-state index in [1.54, 1.807) is 0 Å². The first-order valence-electron chi connectivity index (χ1n) is 4.93. The first-order chi connectivity index (χ1) is 6.40. The molecule has 0 bridgehead atoms. The molecule has 1 aliphatic heterocycles. The zero-order chi connectivity index (χ0) is 9.10. The van der Waals surface area contributed by atoms with E-state index in [0.717, 1.165) is 26.1 Å². The first-order valence-corrected chi connectivity index (χ1v) is 5.74. The Kier molecular flexibility index (Phi) is 4.89. The molecule has 2 nitrogen and oxygen atoms in total. The molecule has 0 radical (unpaired) electrons. The van der Waals surface area contributed by atoms with Crippen LogP contribution in [0.1, 0.15) is 22.7 Å². The van der Waals surface area contributed by atoms with Crippen LogP contribution in [0.4, 0.5) is 0 Å². The molecule has 14 heavy (non-hydrogen) atoms. The van der Waals surface area contributed by atoms with Gasteiger partial charge in [-0.1, -0.05) is 6.92 Å². The number of halogens is 1. The summed E-state index contributed by atoms with van der Waals surface area (Å²) >= 11 is 1.94. The molecule has 0 unspecified atom stereocenters. The third kappa shape index (κ3) is 2.70. The lowest BCUT2D eigenvalue weighted by atomic mass is 10.2. The highest BCUT2D eigenvalue weighted by atomic mass is 35.5. The molecule has 1 aromatic heterocycles. The van der Waals surface area contributed by atoms with Crippen LogP contribution in [0.3, 0.4) is 0 Å². The van der Waals surface area contributed by atoms with E-state index < -0.39 is 0 Å². The molecular weight excluding hydrogens is 216 g/mol. The van der Waals surface area contributed by atoms with Gasteiger partial charge in [0.05, 0.1) is 6.04 Å². The molecule has 1 aliphatic rings. The molecule has 0 saturated carbocycles. The summed E-state index contributed by atoms with van der Waals surface area (Å²) in [6.07, 6.45) is 1.16. The number of hydrogen-bond donors (Lipinski definition) is 2. The lowest BCUT2D eigenvalue weighted by molar-refractivity contribution is 0.435. The standard InChI is InChI=1S/C10H16N2S.ClH/c1-2-8-3-4-10(13-8)9-7-11-5-6-12-9;/h3-4,9,11-12H,2,5-7H2,1H3;1H/t9-;/m1./s1. The molecule has 0 spiro atoms. The number of thiophene rings is 1. The van der Waals surface area contributed by atoms with Gasteiger partial charge in [-0.2, -0.15) is 0 Å². The van der Waals surface area contributed by atoms with Crippen molar-refractivity contribution in [3.05, 3.63) is 21.9 Å². The van der Waals surface area contributed by atoms with Crippen LogP contribution in [-0.2, 0) is 6.42 Å². The van der Waals surface area contributed by atoms with Crippen LogP contribution in [0.5, 0.6) is 0 Å². The fraction of sp³-hybridized carbons (Fsp3) is 0.600.